The molecule has 0 radical (unpaired) electrons. The van der Waals surface area contributed by atoms with Gasteiger partial charge in [-0.3, -0.25) is 9.79 Å². The molecule has 0 fully saturated rings. The summed E-state index contributed by atoms with van der Waals surface area (Å²) in [5, 5.41) is 10.7. The summed E-state index contributed by atoms with van der Waals surface area (Å²) in [6, 6.07) is 14.2. The molecule has 0 atom stereocenters. The lowest BCUT2D eigenvalue weighted by molar-refractivity contribution is 0.0963. The number of guanidine groups is 1. The molecule has 2 aromatic carbocycles. The van der Waals surface area contributed by atoms with E-state index in [9.17, 15) is 4.79 Å². The molecule has 1 heterocycles. The van der Waals surface area contributed by atoms with Gasteiger partial charge in [0.1, 0.15) is 0 Å². The minimum Gasteiger partial charge on any atom is -0.361 e. The second kappa shape index (κ2) is 13.1. The monoisotopic (exact) mass is 547 g/mol. The molecule has 0 aliphatic carbocycles. The highest BCUT2D eigenvalue weighted by atomic mass is 127. The normalized spacial score (nSPS) is 11.2. The molecule has 0 saturated heterocycles. The summed E-state index contributed by atoms with van der Waals surface area (Å²) in [7, 11) is 1.65. The van der Waals surface area contributed by atoms with Crippen LogP contribution >= 0.6 is 24.0 Å². The van der Waals surface area contributed by atoms with Crippen molar-refractivity contribution in [1.29, 1.82) is 0 Å². The van der Waals surface area contributed by atoms with E-state index in [-0.39, 0.29) is 29.9 Å². The quantitative estimate of drug-likeness (QED) is 0.186. The summed E-state index contributed by atoms with van der Waals surface area (Å²) < 4.78 is 0. The Morgan fingerprint density at radius 2 is 1.84 bits per heavy atom. The molecule has 3 aromatic rings. The molecule has 0 unspecified atom stereocenters. The van der Waals surface area contributed by atoms with Crippen molar-refractivity contribution in [3.8, 4) is 0 Å². The van der Waals surface area contributed by atoms with Crippen molar-refractivity contribution in [3.63, 3.8) is 0 Å². The smallest absolute Gasteiger partial charge is 0.251 e. The predicted molar refractivity (Wildman–Crippen MR) is 144 cm³/mol. The van der Waals surface area contributed by atoms with Gasteiger partial charge < -0.3 is 20.9 Å². The zero-order valence-corrected chi connectivity index (χ0v) is 21.5. The van der Waals surface area contributed by atoms with Crippen molar-refractivity contribution in [3.05, 3.63) is 70.9 Å². The van der Waals surface area contributed by atoms with Gasteiger partial charge in [0.05, 0.1) is 0 Å². The number of H-pyrrole nitrogens is 1. The Kier molecular flexibility index (Phi) is 10.5. The first-order chi connectivity index (χ1) is 15.2. The third-order valence-electron chi connectivity index (χ3n) is 5.39. The van der Waals surface area contributed by atoms with E-state index in [1.165, 1.54) is 22.0 Å². The number of aromatic nitrogens is 1. The number of halogens is 1. The first-order valence-corrected chi connectivity index (χ1v) is 11.1. The van der Waals surface area contributed by atoms with Gasteiger partial charge in [-0.05, 0) is 55.0 Å². The van der Waals surface area contributed by atoms with Gasteiger partial charge in [0.15, 0.2) is 5.96 Å². The van der Waals surface area contributed by atoms with Crippen LogP contribution in [0.5, 0.6) is 0 Å². The molecular formula is C25H34IN5O. The topological polar surface area (TPSA) is 81.3 Å². The molecule has 4 N–H and O–H groups in total. The Balaban J connectivity index is 0.00000363. The molecule has 1 amide bonds. The van der Waals surface area contributed by atoms with E-state index >= 15 is 0 Å². The maximum absolute atomic E-state index is 11.8. The fraction of sp³-hybridized carbons (Fsp3) is 0.360. The first kappa shape index (κ1) is 25.7. The zero-order valence-electron chi connectivity index (χ0n) is 19.1. The van der Waals surface area contributed by atoms with Crippen LogP contribution in [0.2, 0.25) is 0 Å². The average Bonchev–Trinajstić information content (AvgIpc) is 3.22. The molecule has 0 aliphatic rings. The van der Waals surface area contributed by atoms with Crippen LogP contribution in [0.25, 0.3) is 10.9 Å². The summed E-state index contributed by atoms with van der Waals surface area (Å²) in [4.78, 5) is 20.0. The predicted octanol–water partition coefficient (Wildman–Crippen LogP) is 4.05. The number of fused-ring (bicyclic) bond motifs is 1. The number of amides is 1. The van der Waals surface area contributed by atoms with Gasteiger partial charge in [0.2, 0.25) is 0 Å². The largest absolute Gasteiger partial charge is 0.361 e. The van der Waals surface area contributed by atoms with Crippen LogP contribution in [0.1, 0.15) is 40.9 Å². The molecule has 32 heavy (non-hydrogen) atoms. The van der Waals surface area contributed by atoms with Gasteiger partial charge in [0, 0.05) is 49.3 Å². The third kappa shape index (κ3) is 6.72. The Morgan fingerprint density at radius 1 is 1.03 bits per heavy atom. The summed E-state index contributed by atoms with van der Waals surface area (Å²) in [6.45, 7) is 6.52. The number of hydrogen-bond donors (Lipinski definition) is 4. The molecule has 1 aromatic heterocycles. The number of nitrogens with zero attached hydrogens (tertiary/aromatic N) is 1. The lowest BCUT2D eigenvalue weighted by Crippen LogP contribution is -2.38. The van der Waals surface area contributed by atoms with Gasteiger partial charge in [-0.25, -0.2) is 0 Å². The second-order valence-corrected chi connectivity index (χ2v) is 7.47. The van der Waals surface area contributed by atoms with Gasteiger partial charge in [-0.1, -0.05) is 37.3 Å². The van der Waals surface area contributed by atoms with Crippen LogP contribution in [-0.2, 0) is 19.3 Å². The maximum atomic E-state index is 11.8. The molecule has 172 valence electrons. The summed E-state index contributed by atoms with van der Waals surface area (Å²) in [5.74, 6) is 0.757. The highest BCUT2D eigenvalue weighted by Gasteiger charge is 2.07. The maximum Gasteiger partial charge on any atom is 0.251 e. The fourth-order valence-corrected chi connectivity index (χ4v) is 3.74. The minimum absolute atomic E-state index is 0. The van der Waals surface area contributed by atoms with Crippen LogP contribution < -0.4 is 16.0 Å². The van der Waals surface area contributed by atoms with Crippen molar-refractivity contribution in [1.82, 2.24) is 20.9 Å². The Bertz CT molecular complexity index is 1040. The Morgan fingerprint density at radius 3 is 2.59 bits per heavy atom. The standard InChI is InChI=1S/C25H33N5O.HI/c1-4-19-9-7-11-22-21(17-30-23(19)22)13-15-29-25(27-5-2)28-14-12-18-8-6-10-20(16-18)24(31)26-3;/h6-11,16-17,30H,4-5,12-15H2,1-3H3,(H,26,31)(H2,27,28,29);1H. The lowest BCUT2D eigenvalue weighted by atomic mass is 10.1. The third-order valence-corrected chi connectivity index (χ3v) is 5.39. The summed E-state index contributed by atoms with van der Waals surface area (Å²) in [6.07, 6.45) is 4.84. The molecule has 0 bridgehead atoms. The number of aromatic amines is 1. The van der Waals surface area contributed by atoms with Gasteiger partial charge >= 0.3 is 0 Å². The van der Waals surface area contributed by atoms with Crippen LogP contribution in [0.3, 0.4) is 0 Å². The van der Waals surface area contributed by atoms with Crippen molar-refractivity contribution < 1.29 is 4.79 Å². The van der Waals surface area contributed by atoms with Gasteiger partial charge in [0.25, 0.3) is 5.91 Å². The molecular weight excluding hydrogens is 513 g/mol. The number of para-hydroxylation sites is 1. The highest BCUT2D eigenvalue weighted by Crippen LogP contribution is 2.22. The van der Waals surface area contributed by atoms with E-state index in [4.69, 9.17) is 4.99 Å². The average molecular weight is 547 g/mol. The first-order valence-electron chi connectivity index (χ1n) is 11.1. The molecule has 6 nitrogen and oxygen atoms in total. The van der Waals surface area contributed by atoms with Crippen LogP contribution in [0.4, 0.5) is 0 Å². The van der Waals surface area contributed by atoms with Crippen LogP contribution in [0, 0.1) is 0 Å². The van der Waals surface area contributed by atoms with E-state index in [1.807, 2.05) is 24.3 Å². The number of hydrogen-bond acceptors (Lipinski definition) is 2. The Labute approximate surface area is 207 Å². The molecule has 0 spiro atoms. The van der Waals surface area contributed by atoms with Crippen molar-refractivity contribution >= 4 is 46.7 Å². The number of carbonyl (C=O) groups excluding carboxylic acids is 1. The van der Waals surface area contributed by atoms with Gasteiger partial charge in [-0.15, -0.1) is 24.0 Å². The van der Waals surface area contributed by atoms with E-state index in [0.29, 0.717) is 12.1 Å². The number of rotatable bonds is 9. The van der Waals surface area contributed by atoms with Crippen LogP contribution in [0.15, 0.2) is 53.7 Å². The van der Waals surface area contributed by atoms with E-state index in [1.54, 1.807) is 7.05 Å². The Hall–Kier alpha value is -2.55. The molecule has 7 heteroatoms. The van der Waals surface area contributed by atoms with E-state index < -0.39 is 0 Å². The molecule has 0 saturated carbocycles. The summed E-state index contributed by atoms with van der Waals surface area (Å²) in [5.41, 5.74) is 5.70. The van der Waals surface area contributed by atoms with Crippen molar-refractivity contribution in [2.45, 2.75) is 33.1 Å². The van der Waals surface area contributed by atoms with E-state index in [2.05, 4.69) is 59.2 Å². The van der Waals surface area contributed by atoms with Crippen LogP contribution in [-0.4, -0.2) is 43.5 Å². The lowest BCUT2D eigenvalue weighted by Gasteiger charge is -2.11. The summed E-state index contributed by atoms with van der Waals surface area (Å²) >= 11 is 0. The minimum atomic E-state index is -0.0620. The highest BCUT2D eigenvalue weighted by molar-refractivity contribution is 14.0. The zero-order chi connectivity index (χ0) is 22.1. The second-order valence-electron chi connectivity index (χ2n) is 7.47. The number of aryl methyl sites for hydroxylation is 1. The van der Waals surface area contributed by atoms with Gasteiger partial charge in [-0.2, -0.15) is 0 Å². The molecule has 0 aliphatic heterocycles. The van der Waals surface area contributed by atoms with Crippen molar-refractivity contribution in [2.24, 2.45) is 4.99 Å². The number of carbonyl (C=O) groups is 1. The SMILES string of the molecule is CCNC(=NCCc1c[nH]c2c(CC)cccc12)NCCc1cccc(C(=O)NC)c1.I. The van der Waals surface area contributed by atoms with Crippen molar-refractivity contribution in [2.75, 3.05) is 26.7 Å². The number of benzene rings is 2. The fourth-order valence-electron chi connectivity index (χ4n) is 3.74. The number of nitrogens with one attached hydrogen (secondary N) is 4. The number of aliphatic imine (C=N–C) groups is 1. The van der Waals surface area contributed by atoms with E-state index in [0.717, 1.165) is 43.9 Å². The molecule has 3 rings (SSSR count).